The maximum atomic E-state index is 13.7. The summed E-state index contributed by atoms with van der Waals surface area (Å²) in [6, 6.07) is 20.7. The van der Waals surface area contributed by atoms with Crippen molar-refractivity contribution in [2.75, 3.05) is 53.0 Å². The van der Waals surface area contributed by atoms with Gasteiger partial charge in [0, 0.05) is 38.3 Å². The van der Waals surface area contributed by atoms with Gasteiger partial charge in [0.25, 0.3) is 5.91 Å². The molecule has 1 fully saturated rings. The van der Waals surface area contributed by atoms with Crippen LogP contribution in [0.2, 0.25) is 0 Å². The lowest BCUT2D eigenvalue weighted by molar-refractivity contribution is -0.133. The first-order valence-electron chi connectivity index (χ1n) is 13.1. The minimum atomic E-state index is -0.170. The van der Waals surface area contributed by atoms with Crippen molar-refractivity contribution >= 4 is 11.8 Å². The molecule has 0 aliphatic carbocycles. The quantitative estimate of drug-likeness (QED) is 0.360. The number of aryl methyl sites for hydroxylation is 1. The summed E-state index contributed by atoms with van der Waals surface area (Å²) in [5.74, 6) is 1.89. The largest absolute Gasteiger partial charge is 0.497 e. The van der Waals surface area contributed by atoms with Gasteiger partial charge in [0.2, 0.25) is 5.91 Å². The van der Waals surface area contributed by atoms with Gasteiger partial charge < -0.3 is 23.7 Å². The topological polar surface area (TPSA) is 75.5 Å². The van der Waals surface area contributed by atoms with Crippen molar-refractivity contribution in [1.82, 2.24) is 14.7 Å². The van der Waals surface area contributed by atoms with Crippen LogP contribution in [0, 0.1) is 6.92 Å². The highest BCUT2D eigenvalue weighted by atomic mass is 16.5. The highest BCUT2D eigenvalue weighted by molar-refractivity contribution is 5.96. The molecule has 1 aliphatic rings. The molecule has 8 nitrogen and oxygen atoms in total. The van der Waals surface area contributed by atoms with E-state index < -0.39 is 0 Å². The molecule has 3 aromatic rings. The molecule has 1 aromatic heterocycles. The average molecular weight is 520 g/mol. The molecule has 4 rings (SSSR count). The second-order valence-electron chi connectivity index (χ2n) is 9.51. The van der Waals surface area contributed by atoms with E-state index >= 15 is 0 Å². The van der Waals surface area contributed by atoms with Crippen LogP contribution in [0.4, 0.5) is 0 Å². The molecular weight excluding hydrogens is 482 g/mol. The number of benzene rings is 2. The first kappa shape index (κ1) is 27.4. The summed E-state index contributed by atoms with van der Waals surface area (Å²) in [5.41, 5.74) is 1.55. The van der Waals surface area contributed by atoms with Gasteiger partial charge in [-0.1, -0.05) is 30.3 Å². The Hall–Kier alpha value is -3.62. The smallest absolute Gasteiger partial charge is 0.254 e. The first-order chi connectivity index (χ1) is 18.5. The number of methoxy groups -OCH3 is 1. The normalized spacial score (nSPS) is 13.7. The zero-order valence-corrected chi connectivity index (χ0v) is 22.3. The van der Waals surface area contributed by atoms with Crippen LogP contribution in [-0.2, 0) is 22.6 Å². The van der Waals surface area contributed by atoms with E-state index in [4.69, 9.17) is 13.9 Å². The van der Waals surface area contributed by atoms with Crippen LogP contribution in [-0.4, -0.2) is 79.6 Å². The fraction of sp³-hybridized carbons (Fsp3) is 0.400. The summed E-state index contributed by atoms with van der Waals surface area (Å²) in [5, 5.41) is 0. The zero-order chi connectivity index (χ0) is 26.7. The van der Waals surface area contributed by atoms with Gasteiger partial charge in [-0.3, -0.25) is 14.5 Å². The van der Waals surface area contributed by atoms with Crippen molar-refractivity contribution in [2.24, 2.45) is 0 Å². The van der Waals surface area contributed by atoms with Crippen LogP contribution in [0.15, 0.2) is 71.1 Å². The van der Waals surface area contributed by atoms with Crippen molar-refractivity contribution in [1.29, 1.82) is 0 Å². The SMILES string of the molecule is COc1ccc(C(=O)N(CCCN2CCOCC2)CC(=O)N(Cc2ccccc2)Cc2ccc(C)o2)cc1. The van der Waals surface area contributed by atoms with Gasteiger partial charge in [-0.2, -0.15) is 0 Å². The lowest BCUT2D eigenvalue weighted by Gasteiger charge is -2.30. The van der Waals surface area contributed by atoms with Crippen LogP contribution in [0.25, 0.3) is 0 Å². The highest BCUT2D eigenvalue weighted by Crippen LogP contribution is 2.16. The van der Waals surface area contributed by atoms with Crippen LogP contribution >= 0.6 is 0 Å². The highest BCUT2D eigenvalue weighted by Gasteiger charge is 2.24. The Balaban J connectivity index is 1.49. The first-order valence-corrected chi connectivity index (χ1v) is 13.1. The van der Waals surface area contributed by atoms with Crippen LogP contribution in [0.1, 0.15) is 33.9 Å². The standard InChI is InChI=1S/C30H37N3O5/c1-24-9-12-28(38-24)22-33(21-25-7-4-3-5-8-25)29(34)23-32(16-6-15-31-17-19-37-20-18-31)30(35)26-10-13-27(36-2)14-11-26/h3-5,7-14H,6,15-23H2,1-2H3. The molecule has 0 bridgehead atoms. The lowest BCUT2D eigenvalue weighted by Crippen LogP contribution is -2.44. The van der Waals surface area contributed by atoms with Crippen molar-refractivity contribution in [3.8, 4) is 5.75 Å². The van der Waals surface area contributed by atoms with Gasteiger partial charge in [0.05, 0.1) is 26.9 Å². The molecule has 0 radical (unpaired) electrons. The van der Waals surface area contributed by atoms with E-state index in [9.17, 15) is 9.59 Å². The molecule has 0 N–H and O–H groups in total. The summed E-state index contributed by atoms with van der Waals surface area (Å²) < 4.78 is 16.5. The monoisotopic (exact) mass is 519 g/mol. The van der Waals surface area contributed by atoms with E-state index in [1.54, 1.807) is 41.2 Å². The van der Waals surface area contributed by atoms with Crippen LogP contribution in [0.3, 0.4) is 0 Å². The number of carbonyl (C=O) groups is 2. The predicted molar refractivity (Wildman–Crippen MR) is 145 cm³/mol. The number of hydrogen-bond acceptors (Lipinski definition) is 6. The third-order valence-corrected chi connectivity index (χ3v) is 6.67. The molecule has 0 atom stereocenters. The van der Waals surface area contributed by atoms with Gasteiger partial charge in [0.15, 0.2) is 0 Å². The van der Waals surface area contributed by atoms with Crippen molar-refractivity contribution in [3.63, 3.8) is 0 Å². The molecule has 2 heterocycles. The Bertz CT molecular complexity index is 1160. The summed E-state index contributed by atoms with van der Waals surface area (Å²) >= 11 is 0. The lowest BCUT2D eigenvalue weighted by atomic mass is 10.1. The summed E-state index contributed by atoms with van der Waals surface area (Å²) in [6.07, 6.45) is 0.769. The Morgan fingerprint density at radius 1 is 0.921 bits per heavy atom. The van der Waals surface area contributed by atoms with Gasteiger partial charge in [-0.25, -0.2) is 0 Å². The Kier molecular flexibility index (Phi) is 9.95. The number of nitrogens with zero attached hydrogens (tertiary/aromatic N) is 3. The molecule has 0 spiro atoms. The molecule has 0 unspecified atom stereocenters. The average Bonchev–Trinajstić information content (AvgIpc) is 3.37. The second kappa shape index (κ2) is 13.8. The van der Waals surface area contributed by atoms with Gasteiger partial charge in [0.1, 0.15) is 23.8 Å². The van der Waals surface area contributed by atoms with Gasteiger partial charge in [-0.05, 0) is 55.3 Å². The predicted octanol–water partition coefficient (Wildman–Crippen LogP) is 3.99. The number of amides is 2. The fourth-order valence-corrected chi connectivity index (χ4v) is 4.54. The number of hydrogen-bond donors (Lipinski definition) is 0. The molecule has 8 heteroatoms. The van der Waals surface area contributed by atoms with E-state index in [0.717, 1.165) is 50.6 Å². The number of carbonyl (C=O) groups excluding carboxylic acids is 2. The van der Waals surface area contributed by atoms with Crippen LogP contribution < -0.4 is 4.74 Å². The second-order valence-corrected chi connectivity index (χ2v) is 9.51. The minimum absolute atomic E-state index is 0.0134. The maximum absolute atomic E-state index is 13.7. The van der Waals surface area contributed by atoms with E-state index in [2.05, 4.69) is 4.90 Å². The minimum Gasteiger partial charge on any atom is -0.497 e. The molecule has 202 valence electrons. The van der Waals surface area contributed by atoms with Crippen molar-refractivity contribution in [3.05, 3.63) is 89.4 Å². The van der Waals surface area contributed by atoms with Crippen molar-refractivity contribution in [2.45, 2.75) is 26.4 Å². The number of rotatable bonds is 12. The molecule has 1 aliphatic heterocycles. The molecule has 2 amide bonds. The van der Waals surface area contributed by atoms with Crippen molar-refractivity contribution < 1.29 is 23.5 Å². The third-order valence-electron chi connectivity index (χ3n) is 6.67. The maximum Gasteiger partial charge on any atom is 0.254 e. The number of furan rings is 1. The van der Waals surface area contributed by atoms with Gasteiger partial charge >= 0.3 is 0 Å². The fourth-order valence-electron chi connectivity index (χ4n) is 4.54. The van der Waals surface area contributed by atoms with E-state index in [0.29, 0.717) is 36.7 Å². The van der Waals surface area contributed by atoms with E-state index in [1.165, 1.54) is 0 Å². The molecule has 2 aromatic carbocycles. The summed E-state index contributed by atoms with van der Waals surface area (Å²) in [4.78, 5) is 33.0. The van der Waals surface area contributed by atoms with Crippen LogP contribution in [0.5, 0.6) is 5.75 Å². The number of morpholine rings is 1. The Morgan fingerprint density at radius 3 is 2.32 bits per heavy atom. The van der Waals surface area contributed by atoms with E-state index in [1.807, 2.05) is 49.4 Å². The third kappa shape index (κ3) is 7.94. The zero-order valence-electron chi connectivity index (χ0n) is 22.3. The summed E-state index contributed by atoms with van der Waals surface area (Å²) in [6.45, 7) is 7.20. The Labute approximate surface area is 224 Å². The Morgan fingerprint density at radius 2 is 1.66 bits per heavy atom. The molecule has 38 heavy (non-hydrogen) atoms. The molecular formula is C30H37N3O5. The van der Waals surface area contributed by atoms with Gasteiger partial charge in [-0.15, -0.1) is 0 Å². The molecule has 0 saturated carbocycles. The number of ether oxygens (including phenoxy) is 2. The van der Waals surface area contributed by atoms with E-state index in [-0.39, 0.29) is 18.4 Å². The molecule has 1 saturated heterocycles. The summed E-state index contributed by atoms with van der Waals surface area (Å²) in [7, 11) is 1.59.